The lowest BCUT2D eigenvalue weighted by Crippen LogP contribution is -2.40. The van der Waals surface area contributed by atoms with E-state index < -0.39 is 0 Å². The van der Waals surface area contributed by atoms with E-state index in [1.54, 1.807) is 7.11 Å². The molecule has 0 unspecified atom stereocenters. The summed E-state index contributed by atoms with van der Waals surface area (Å²) >= 11 is 0. The molecule has 0 bridgehead atoms. The third-order valence-corrected chi connectivity index (χ3v) is 2.39. The van der Waals surface area contributed by atoms with Crippen LogP contribution in [0, 0.1) is 10.8 Å². The van der Waals surface area contributed by atoms with Crippen molar-refractivity contribution in [1.82, 2.24) is 5.32 Å². The summed E-state index contributed by atoms with van der Waals surface area (Å²) in [5.74, 6) is 0.105. The topological polar surface area (TPSA) is 38.3 Å². The van der Waals surface area contributed by atoms with Gasteiger partial charge in [0.25, 0.3) is 0 Å². The molecule has 0 aromatic carbocycles. The van der Waals surface area contributed by atoms with Crippen LogP contribution in [0.15, 0.2) is 0 Å². The van der Waals surface area contributed by atoms with Crippen molar-refractivity contribution >= 4 is 5.91 Å². The molecule has 0 heterocycles. The monoisotopic (exact) mass is 215 g/mol. The molecule has 3 heteroatoms. The van der Waals surface area contributed by atoms with Gasteiger partial charge in [0, 0.05) is 25.7 Å². The average Bonchev–Trinajstić information content (AvgIpc) is 2.09. The Bertz CT molecular complexity index is 204. The van der Waals surface area contributed by atoms with Gasteiger partial charge in [0.05, 0.1) is 0 Å². The number of hydrogen-bond donors (Lipinski definition) is 1. The fraction of sp³-hybridized carbons (Fsp3) is 0.917. The molecule has 1 N–H and O–H groups in total. The number of methoxy groups -OCH3 is 1. The van der Waals surface area contributed by atoms with Gasteiger partial charge >= 0.3 is 0 Å². The molecule has 0 atom stereocenters. The van der Waals surface area contributed by atoms with Gasteiger partial charge in [-0.3, -0.25) is 4.79 Å². The summed E-state index contributed by atoms with van der Waals surface area (Å²) in [5.41, 5.74) is -0.214. The SMILES string of the molecule is COCCC(C)(C)CNC(=O)C(C)(C)C. The summed E-state index contributed by atoms with van der Waals surface area (Å²) in [7, 11) is 1.70. The summed E-state index contributed by atoms with van der Waals surface area (Å²) in [6.45, 7) is 11.5. The van der Waals surface area contributed by atoms with E-state index in [-0.39, 0.29) is 16.7 Å². The highest BCUT2D eigenvalue weighted by Crippen LogP contribution is 2.20. The Hall–Kier alpha value is -0.570. The molecule has 0 fully saturated rings. The molecule has 0 spiro atoms. The minimum absolute atomic E-state index is 0.0942. The minimum atomic E-state index is -0.308. The van der Waals surface area contributed by atoms with Gasteiger partial charge in [0.15, 0.2) is 0 Å². The molecule has 90 valence electrons. The van der Waals surface area contributed by atoms with E-state index in [2.05, 4.69) is 19.2 Å². The molecule has 0 aliphatic heterocycles. The lowest BCUT2D eigenvalue weighted by molar-refractivity contribution is -0.129. The highest BCUT2D eigenvalue weighted by molar-refractivity contribution is 5.81. The van der Waals surface area contributed by atoms with Crippen LogP contribution in [0.5, 0.6) is 0 Å². The predicted octanol–water partition coefficient (Wildman–Crippen LogP) is 2.21. The van der Waals surface area contributed by atoms with Gasteiger partial charge in [-0.25, -0.2) is 0 Å². The van der Waals surface area contributed by atoms with Gasteiger partial charge < -0.3 is 10.1 Å². The van der Waals surface area contributed by atoms with Crippen LogP contribution in [-0.2, 0) is 9.53 Å². The summed E-state index contributed by atoms with van der Waals surface area (Å²) < 4.78 is 5.04. The number of nitrogens with one attached hydrogen (secondary N) is 1. The Kier molecular flexibility index (Phi) is 5.29. The van der Waals surface area contributed by atoms with E-state index in [4.69, 9.17) is 4.74 Å². The summed E-state index contributed by atoms with van der Waals surface area (Å²) in [6.07, 6.45) is 0.952. The fourth-order valence-electron chi connectivity index (χ4n) is 1.05. The lowest BCUT2D eigenvalue weighted by atomic mass is 9.88. The summed E-state index contributed by atoms with van der Waals surface area (Å²) in [6, 6.07) is 0. The van der Waals surface area contributed by atoms with E-state index in [0.717, 1.165) is 13.0 Å². The van der Waals surface area contributed by atoms with E-state index >= 15 is 0 Å². The highest BCUT2D eigenvalue weighted by Gasteiger charge is 2.24. The Morgan fingerprint density at radius 2 is 1.73 bits per heavy atom. The van der Waals surface area contributed by atoms with Crippen molar-refractivity contribution in [2.75, 3.05) is 20.3 Å². The van der Waals surface area contributed by atoms with Crippen LogP contribution in [0.2, 0.25) is 0 Å². The quantitative estimate of drug-likeness (QED) is 0.763. The molecule has 0 aliphatic rings. The zero-order valence-corrected chi connectivity index (χ0v) is 10.9. The van der Waals surface area contributed by atoms with Gasteiger partial charge in [0.1, 0.15) is 0 Å². The molecule has 0 aromatic rings. The zero-order chi connectivity index (χ0) is 12.1. The van der Waals surface area contributed by atoms with E-state index in [1.807, 2.05) is 20.8 Å². The van der Waals surface area contributed by atoms with Crippen LogP contribution in [0.1, 0.15) is 41.0 Å². The normalized spacial score (nSPS) is 12.7. The van der Waals surface area contributed by atoms with Crippen molar-refractivity contribution in [2.45, 2.75) is 41.0 Å². The number of hydrogen-bond acceptors (Lipinski definition) is 2. The largest absolute Gasteiger partial charge is 0.385 e. The maximum atomic E-state index is 11.6. The first-order valence-corrected chi connectivity index (χ1v) is 5.46. The molecule has 0 aromatic heterocycles. The smallest absolute Gasteiger partial charge is 0.225 e. The van der Waals surface area contributed by atoms with Gasteiger partial charge in [-0.15, -0.1) is 0 Å². The number of carbonyl (C=O) groups excluding carboxylic acids is 1. The van der Waals surface area contributed by atoms with Crippen molar-refractivity contribution in [3.63, 3.8) is 0 Å². The first-order valence-electron chi connectivity index (χ1n) is 5.46. The summed E-state index contributed by atoms with van der Waals surface area (Å²) in [5, 5.41) is 2.98. The van der Waals surface area contributed by atoms with Crippen molar-refractivity contribution in [2.24, 2.45) is 10.8 Å². The summed E-state index contributed by atoms with van der Waals surface area (Å²) in [4.78, 5) is 11.6. The van der Waals surface area contributed by atoms with E-state index in [0.29, 0.717) is 6.54 Å². The molecule has 3 nitrogen and oxygen atoms in total. The molecule has 15 heavy (non-hydrogen) atoms. The van der Waals surface area contributed by atoms with Crippen LogP contribution in [-0.4, -0.2) is 26.2 Å². The molecular formula is C12H25NO2. The second-order valence-electron chi connectivity index (χ2n) is 5.84. The van der Waals surface area contributed by atoms with Crippen LogP contribution < -0.4 is 5.32 Å². The van der Waals surface area contributed by atoms with Gasteiger partial charge in [0.2, 0.25) is 5.91 Å². The second kappa shape index (κ2) is 5.50. The van der Waals surface area contributed by atoms with Crippen LogP contribution in [0.4, 0.5) is 0 Å². The van der Waals surface area contributed by atoms with Crippen LogP contribution >= 0.6 is 0 Å². The maximum Gasteiger partial charge on any atom is 0.225 e. The van der Waals surface area contributed by atoms with Gasteiger partial charge in [-0.2, -0.15) is 0 Å². The predicted molar refractivity (Wildman–Crippen MR) is 62.7 cm³/mol. The van der Waals surface area contributed by atoms with E-state index in [9.17, 15) is 4.79 Å². The number of carbonyl (C=O) groups is 1. The van der Waals surface area contributed by atoms with Crippen molar-refractivity contribution in [1.29, 1.82) is 0 Å². The number of amides is 1. The highest BCUT2D eigenvalue weighted by atomic mass is 16.5. The Labute approximate surface area is 93.6 Å². The molecule has 0 saturated heterocycles. The first-order chi connectivity index (χ1) is 6.69. The fourth-order valence-corrected chi connectivity index (χ4v) is 1.05. The molecular weight excluding hydrogens is 190 g/mol. The van der Waals surface area contributed by atoms with Crippen molar-refractivity contribution in [3.8, 4) is 0 Å². The average molecular weight is 215 g/mol. The van der Waals surface area contributed by atoms with Crippen LogP contribution in [0.25, 0.3) is 0 Å². The van der Waals surface area contributed by atoms with Crippen molar-refractivity contribution in [3.05, 3.63) is 0 Å². The van der Waals surface area contributed by atoms with Gasteiger partial charge in [-0.1, -0.05) is 34.6 Å². The number of rotatable bonds is 5. The third kappa shape index (κ3) is 6.50. The zero-order valence-electron chi connectivity index (χ0n) is 10.9. The maximum absolute atomic E-state index is 11.6. The molecule has 1 amide bonds. The first kappa shape index (κ1) is 14.4. The lowest BCUT2D eigenvalue weighted by Gasteiger charge is -2.27. The molecule has 0 rings (SSSR count). The Morgan fingerprint density at radius 1 is 1.20 bits per heavy atom. The van der Waals surface area contributed by atoms with Gasteiger partial charge in [-0.05, 0) is 11.8 Å². The minimum Gasteiger partial charge on any atom is -0.385 e. The van der Waals surface area contributed by atoms with E-state index in [1.165, 1.54) is 0 Å². The Balaban J connectivity index is 3.98. The standard InChI is InChI=1S/C12H25NO2/c1-11(2,3)10(14)13-9-12(4,5)7-8-15-6/h7-9H2,1-6H3,(H,13,14). The molecule has 0 aliphatic carbocycles. The Morgan fingerprint density at radius 3 is 2.13 bits per heavy atom. The number of ether oxygens (including phenoxy) is 1. The third-order valence-electron chi connectivity index (χ3n) is 2.39. The molecule has 0 saturated carbocycles. The van der Waals surface area contributed by atoms with Crippen LogP contribution in [0.3, 0.4) is 0 Å². The van der Waals surface area contributed by atoms with Crippen molar-refractivity contribution < 1.29 is 9.53 Å². The molecule has 0 radical (unpaired) electrons. The second-order valence-corrected chi connectivity index (χ2v) is 5.84.